The predicted octanol–water partition coefficient (Wildman–Crippen LogP) is 4.36. The van der Waals surface area contributed by atoms with Crippen molar-refractivity contribution in [2.75, 3.05) is 31.9 Å². The normalized spacial score (nSPS) is 13.6. The third-order valence-corrected chi connectivity index (χ3v) is 7.44. The summed E-state index contributed by atoms with van der Waals surface area (Å²) in [5.41, 5.74) is 0.0598. The van der Waals surface area contributed by atoms with Crippen LogP contribution < -0.4 is 29.3 Å². The van der Waals surface area contributed by atoms with Crippen molar-refractivity contribution in [2.24, 2.45) is 15.9 Å². The molecule has 0 bridgehead atoms. The van der Waals surface area contributed by atoms with E-state index in [1.807, 2.05) is 30.3 Å². The summed E-state index contributed by atoms with van der Waals surface area (Å²) in [4.78, 5) is 25.5. The van der Waals surface area contributed by atoms with Gasteiger partial charge in [0.05, 0.1) is 43.4 Å². The monoisotopic (exact) mass is 599 g/mol. The van der Waals surface area contributed by atoms with Crippen molar-refractivity contribution in [1.82, 2.24) is 0 Å². The largest absolute Gasteiger partial charge is 0.493 e. The zero-order valence-corrected chi connectivity index (χ0v) is 25.3. The highest BCUT2D eigenvalue weighted by atomic mass is 35.5. The maximum absolute atomic E-state index is 13.8. The van der Waals surface area contributed by atoms with Crippen LogP contribution in [0.25, 0.3) is 0 Å². The van der Waals surface area contributed by atoms with E-state index in [1.54, 1.807) is 35.2 Å². The molecule has 9 nitrogen and oxygen atoms in total. The average molecular weight is 600 g/mol. The topological polar surface area (TPSA) is 107 Å². The van der Waals surface area contributed by atoms with Gasteiger partial charge in [-0.25, -0.2) is 0 Å². The van der Waals surface area contributed by atoms with Crippen LogP contribution in [0.15, 0.2) is 70.6 Å². The number of nitrogens with zero attached hydrogens (tertiary/aromatic N) is 3. The van der Waals surface area contributed by atoms with E-state index < -0.39 is 15.8 Å². The Morgan fingerprint density at radius 2 is 1.68 bits per heavy atom. The van der Waals surface area contributed by atoms with Crippen molar-refractivity contribution in [3.63, 3.8) is 0 Å². The number of rotatable bonds is 12. The molecule has 0 unspecified atom stereocenters. The van der Waals surface area contributed by atoms with Crippen LogP contribution in [0.4, 0.5) is 5.69 Å². The molecule has 3 aromatic rings. The summed E-state index contributed by atoms with van der Waals surface area (Å²) in [6.07, 6.45) is 2.24. The number of anilines is 1. The van der Waals surface area contributed by atoms with Gasteiger partial charge < -0.3 is 18.6 Å². The lowest BCUT2D eigenvalue weighted by Gasteiger charge is -2.33. The summed E-state index contributed by atoms with van der Waals surface area (Å²) in [5.74, 6) is 1.12. The van der Waals surface area contributed by atoms with Gasteiger partial charge in [0.2, 0.25) is 5.91 Å². The highest BCUT2D eigenvalue weighted by molar-refractivity contribution is 7.86. The van der Waals surface area contributed by atoms with Crippen molar-refractivity contribution in [3.8, 4) is 17.2 Å². The number of hydrogen-bond acceptors (Lipinski definition) is 8. The lowest BCUT2D eigenvalue weighted by atomic mass is 9.98. The molecule has 0 fully saturated rings. The maximum atomic E-state index is 13.8. The van der Waals surface area contributed by atoms with E-state index in [-0.39, 0.29) is 29.6 Å². The number of benzene rings is 3. The van der Waals surface area contributed by atoms with E-state index in [2.05, 4.69) is 13.8 Å². The van der Waals surface area contributed by atoms with Crippen LogP contribution in [0.2, 0.25) is 5.02 Å². The summed E-state index contributed by atoms with van der Waals surface area (Å²) >= 11 is 6.82. The summed E-state index contributed by atoms with van der Waals surface area (Å²) in [6.45, 7) is 4.20. The van der Waals surface area contributed by atoms with E-state index in [9.17, 15) is 13.2 Å². The van der Waals surface area contributed by atoms with E-state index in [1.165, 1.54) is 14.2 Å². The highest BCUT2D eigenvalue weighted by Gasteiger charge is 2.37. The van der Waals surface area contributed by atoms with E-state index in [0.29, 0.717) is 46.7 Å². The van der Waals surface area contributed by atoms with Gasteiger partial charge in [0.25, 0.3) is 0 Å². The summed E-state index contributed by atoms with van der Waals surface area (Å²) in [5, 5.41) is 1.63. The second-order valence-corrected chi connectivity index (χ2v) is 12.3. The van der Waals surface area contributed by atoms with Crippen molar-refractivity contribution in [2.45, 2.75) is 38.8 Å². The Bertz CT molecular complexity index is 1620. The SMILES string of the molecule is COc1ccc(N(CC2(Cc3cccc(OS(C)(=O)=O)c3)N=c3ccccc3=N2)C(=O)CCC(C)C)c(Cl)c1OC. The minimum atomic E-state index is -3.71. The standard InChI is InChI=1S/C30H34ClN3O6S/c1-20(2)13-16-27(35)34(25-14-15-26(38-3)29(39-4)28(25)31)19-30(32-23-11-6-7-12-24(23)33-30)18-21-9-8-10-22(17-21)40-41(5,36)37/h6-12,14-15,17,20H,13,16,18-19H2,1-5H3. The molecule has 0 aliphatic carbocycles. The molecule has 0 aromatic heterocycles. The first-order chi connectivity index (χ1) is 19.4. The first kappa shape index (κ1) is 30.3. The molecular formula is C30H34ClN3O6S. The zero-order chi connectivity index (χ0) is 29.8. The van der Waals surface area contributed by atoms with Crippen LogP contribution in [0.5, 0.6) is 17.2 Å². The molecule has 11 heteroatoms. The molecule has 1 aliphatic rings. The van der Waals surface area contributed by atoms with Crippen molar-refractivity contribution in [3.05, 3.63) is 82.0 Å². The number of methoxy groups -OCH3 is 2. The summed E-state index contributed by atoms with van der Waals surface area (Å²) in [7, 11) is -0.706. The van der Waals surface area contributed by atoms with Crippen molar-refractivity contribution >= 4 is 33.3 Å². The fourth-order valence-corrected chi connectivity index (χ4v) is 5.53. The van der Waals surface area contributed by atoms with Gasteiger partial charge in [-0.3, -0.25) is 14.8 Å². The Hall–Kier alpha value is -3.63. The van der Waals surface area contributed by atoms with Gasteiger partial charge in [0.1, 0.15) is 10.8 Å². The smallest absolute Gasteiger partial charge is 0.306 e. The average Bonchev–Trinajstić information content (AvgIpc) is 3.27. The van der Waals surface area contributed by atoms with Crippen LogP contribution in [-0.2, 0) is 21.3 Å². The Balaban J connectivity index is 1.82. The number of fused-ring (bicyclic) bond motifs is 1. The van der Waals surface area contributed by atoms with Crippen LogP contribution in [0.3, 0.4) is 0 Å². The minimum absolute atomic E-state index is 0.0744. The first-order valence-corrected chi connectivity index (χ1v) is 15.4. The van der Waals surface area contributed by atoms with Crippen LogP contribution in [0, 0.1) is 5.92 Å². The van der Waals surface area contributed by atoms with E-state index in [0.717, 1.165) is 11.8 Å². The third-order valence-electron chi connectivity index (χ3n) is 6.58. The Labute approximate surface area is 245 Å². The van der Waals surface area contributed by atoms with Crippen LogP contribution >= 0.6 is 11.6 Å². The Morgan fingerprint density at radius 1 is 1.00 bits per heavy atom. The van der Waals surface area contributed by atoms with Gasteiger partial charge >= 0.3 is 10.1 Å². The number of ether oxygens (including phenoxy) is 2. The summed E-state index contributed by atoms with van der Waals surface area (Å²) in [6, 6.07) is 17.7. The van der Waals surface area contributed by atoms with E-state index >= 15 is 0 Å². The first-order valence-electron chi connectivity index (χ1n) is 13.2. The van der Waals surface area contributed by atoms with Gasteiger partial charge in [-0.15, -0.1) is 0 Å². The predicted molar refractivity (Wildman–Crippen MR) is 158 cm³/mol. The Morgan fingerprint density at radius 3 is 2.27 bits per heavy atom. The molecule has 1 aliphatic heterocycles. The van der Waals surface area contributed by atoms with Gasteiger partial charge in [-0.05, 0) is 54.3 Å². The van der Waals surface area contributed by atoms with Crippen LogP contribution in [0.1, 0.15) is 32.3 Å². The minimum Gasteiger partial charge on any atom is -0.493 e. The number of hydrogen-bond donors (Lipinski definition) is 0. The fourth-order valence-electron chi connectivity index (χ4n) is 4.74. The number of para-hydroxylation sites is 2. The molecule has 41 heavy (non-hydrogen) atoms. The van der Waals surface area contributed by atoms with Gasteiger partial charge in [0, 0.05) is 12.8 Å². The molecular weight excluding hydrogens is 566 g/mol. The van der Waals surface area contributed by atoms with Crippen LogP contribution in [-0.4, -0.2) is 47.0 Å². The number of amides is 1. The quantitative estimate of drug-likeness (QED) is 0.286. The zero-order valence-electron chi connectivity index (χ0n) is 23.8. The molecule has 0 saturated carbocycles. The second kappa shape index (κ2) is 12.5. The molecule has 0 spiro atoms. The molecule has 0 N–H and O–H groups in total. The molecule has 0 atom stereocenters. The lowest BCUT2D eigenvalue weighted by molar-refractivity contribution is -0.119. The Kier molecular flexibility index (Phi) is 9.24. The molecule has 0 saturated heterocycles. The number of halogens is 1. The van der Waals surface area contributed by atoms with Crippen molar-refractivity contribution in [1.29, 1.82) is 0 Å². The van der Waals surface area contributed by atoms with Gasteiger partial charge in [-0.1, -0.05) is 49.7 Å². The van der Waals surface area contributed by atoms with E-state index in [4.69, 9.17) is 35.2 Å². The molecule has 1 heterocycles. The maximum Gasteiger partial charge on any atom is 0.306 e. The molecule has 218 valence electrons. The fraction of sp³-hybridized carbons (Fsp3) is 0.367. The second-order valence-electron chi connectivity index (χ2n) is 10.4. The number of carbonyl (C=O) groups excluding carboxylic acids is 1. The van der Waals surface area contributed by atoms with Crippen molar-refractivity contribution < 1.29 is 26.9 Å². The molecule has 4 rings (SSSR count). The third kappa shape index (κ3) is 7.37. The highest BCUT2D eigenvalue weighted by Crippen LogP contribution is 2.42. The number of carbonyl (C=O) groups is 1. The summed E-state index contributed by atoms with van der Waals surface area (Å²) < 4.78 is 39.5. The molecule has 3 aromatic carbocycles. The molecule has 0 radical (unpaired) electrons. The van der Waals surface area contributed by atoms with Gasteiger partial charge in [-0.2, -0.15) is 8.42 Å². The lowest BCUT2D eigenvalue weighted by Crippen LogP contribution is -2.45. The van der Waals surface area contributed by atoms with Gasteiger partial charge in [0.15, 0.2) is 17.2 Å². The molecule has 1 amide bonds.